The first kappa shape index (κ1) is 14.3. The van der Waals surface area contributed by atoms with Crippen molar-refractivity contribution in [3.8, 4) is 0 Å². The second-order valence-electron chi connectivity index (χ2n) is 5.85. The van der Waals surface area contributed by atoms with E-state index in [-0.39, 0.29) is 12.1 Å². The molecule has 1 aromatic heterocycles. The van der Waals surface area contributed by atoms with E-state index in [2.05, 4.69) is 39.1 Å². The van der Waals surface area contributed by atoms with Crippen LogP contribution in [0.4, 0.5) is 0 Å². The Kier molecular flexibility index (Phi) is 4.08. The van der Waals surface area contributed by atoms with Gasteiger partial charge >= 0.3 is 0 Å². The Balaban J connectivity index is 1.60. The number of imidazole rings is 1. The number of nitrogens with zero attached hydrogens (tertiary/aromatic N) is 2. The average molecular weight is 285 g/mol. The number of hydrogen-bond acceptors (Lipinski definition) is 3. The van der Waals surface area contributed by atoms with Gasteiger partial charge in [0, 0.05) is 18.9 Å². The van der Waals surface area contributed by atoms with Crippen LogP contribution in [0.25, 0.3) is 0 Å². The van der Waals surface area contributed by atoms with Crippen molar-refractivity contribution in [2.75, 3.05) is 13.2 Å². The topological polar surface area (TPSA) is 50.1 Å². The molecule has 4 nitrogen and oxygen atoms in total. The Morgan fingerprint density at radius 1 is 1.38 bits per heavy atom. The number of aliphatic hydroxyl groups excluding tert-OH is 1. The van der Waals surface area contributed by atoms with Crippen LogP contribution in [0.15, 0.2) is 36.7 Å². The normalized spacial score (nSPS) is 20.7. The molecule has 1 aliphatic carbocycles. The van der Waals surface area contributed by atoms with Crippen molar-refractivity contribution in [3.05, 3.63) is 53.6 Å². The van der Waals surface area contributed by atoms with Crippen LogP contribution in [0.2, 0.25) is 0 Å². The molecule has 0 saturated heterocycles. The van der Waals surface area contributed by atoms with Crippen LogP contribution in [-0.2, 0) is 18.5 Å². The van der Waals surface area contributed by atoms with Gasteiger partial charge in [0.25, 0.3) is 0 Å². The van der Waals surface area contributed by atoms with Crippen molar-refractivity contribution in [2.45, 2.75) is 38.3 Å². The first-order valence-corrected chi connectivity index (χ1v) is 7.67. The largest absolute Gasteiger partial charge is 0.394 e. The summed E-state index contributed by atoms with van der Waals surface area (Å²) in [5.74, 6) is 1.05. The number of aryl methyl sites for hydroxylation is 3. The maximum atomic E-state index is 9.91. The van der Waals surface area contributed by atoms with Gasteiger partial charge in [-0.1, -0.05) is 24.3 Å². The molecule has 0 aliphatic heterocycles. The molecule has 1 unspecified atom stereocenters. The second kappa shape index (κ2) is 6.00. The summed E-state index contributed by atoms with van der Waals surface area (Å²) in [5.41, 5.74) is 2.39. The lowest BCUT2D eigenvalue weighted by atomic mass is 9.92. The first-order chi connectivity index (χ1) is 10.2. The summed E-state index contributed by atoms with van der Waals surface area (Å²) in [7, 11) is 0. The highest BCUT2D eigenvalue weighted by atomic mass is 16.3. The SMILES string of the molecule is Cc1nccn1CCCNC1(CO)CCc2ccccc21. The predicted molar refractivity (Wildman–Crippen MR) is 83.1 cm³/mol. The summed E-state index contributed by atoms with van der Waals surface area (Å²) in [5, 5.41) is 13.5. The summed E-state index contributed by atoms with van der Waals surface area (Å²) in [6.07, 6.45) is 6.91. The van der Waals surface area contributed by atoms with Gasteiger partial charge in [0.05, 0.1) is 12.1 Å². The number of rotatable bonds is 6. The molecule has 3 rings (SSSR count). The molecule has 1 aromatic carbocycles. The van der Waals surface area contributed by atoms with E-state index in [0.717, 1.165) is 38.2 Å². The zero-order chi connectivity index (χ0) is 14.7. The molecule has 1 heterocycles. The smallest absolute Gasteiger partial charge is 0.105 e. The van der Waals surface area contributed by atoms with Crippen LogP contribution in [0.5, 0.6) is 0 Å². The van der Waals surface area contributed by atoms with Gasteiger partial charge in [-0.25, -0.2) is 4.98 Å². The lowest BCUT2D eigenvalue weighted by Crippen LogP contribution is -2.44. The van der Waals surface area contributed by atoms with Crippen LogP contribution < -0.4 is 5.32 Å². The molecule has 0 radical (unpaired) electrons. The van der Waals surface area contributed by atoms with E-state index in [1.807, 2.05) is 19.3 Å². The Labute approximate surface area is 125 Å². The van der Waals surface area contributed by atoms with E-state index in [4.69, 9.17) is 0 Å². The fourth-order valence-electron chi connectivity index (χ4n) is 3.31. The molecule has 0 amide bonds. The molecule has 112 valence electrons. The van der Waals surface area contributed by atoms with Crippen molar-refractivity contribution in [1.29, 1.82) is 0 Å². The van der Waals surface area contributed by atoms with Gasteiger partial charge in [-0.3, -0.25) is 0 Å². The lowest BCUT2D eigenvalue weighted by Gasteiger charge is -2.30. The zero-order valence-corrected chi connectivity index (χ0v) is 12.5. The number of fused-ring (bicyclic) bond motifs is 1. The third-order valence-electron chi connectivity index (χ3n) is 4.59. The first-order valence-electron chi connectivity index (χ1n) is 7.67. The van der Waals surface area contributed by atoms with E-state index in [1.54, 1.807) is 0 Å². The van der Waals surface area contributed by atoms with Crippen molar-refractivity contribution in [3.63, 3.8) is 0 Å². The highest BCUT2D eigenvalue weighted by Crippen LogP contribution is 2.36. The molecule has 4 heteroatoms. The van der Waals surface area contributed by atoms with E-state index < -0.39 is 0 Å². The molecule has 2 aromatic rings. The van der Waals surface area contributed by atoms with Gasteiger partial charge in [-0.15, -0.1) is 0 Å². The molecule has 21 heavy (non-hydrogen) atoms. The summed E-state index contributed by atoms with van der Waals surface area (Å²) in [4.78, 5) is 4.23. The molecular weight excluding hydrogens is 262 g/mol. The maximum Gasteiger partial charge on any atom is 0.105 e. The van der Waals surface area contributed by atoms with Gasteiger partial charge in [0.1, 0.15) is 5.82 Å². The van der Waals surface area contributed by atoms with E-state index in [9.17, 15) is 5.11 Å². The average Bonchev–Trinajstić information content (AvgIpc) is 3.09. The molecule has 0 fully saturated rings. The molecular formula is C17H23N3O. The van der Waals surface area contributed by atoms with Crippen LogP contribution in [0.3, 0.4) is 0 Å². The minimum absolute atomic E-state index is 0.161. The van der Waals surface area contributed by atoms with Crippen molar-refractivity contribution in [1.82, 2.24) is 14.9 Å². The van der Waals surface area contributed by atoms with Crippen LogP contribution in [-0.4, -0.2) is 27.8 Å². The molecule has 1 aliphatic rings. The number of benzene rings is 1. The molecule has 0 saturated carbocycles. The standard InChI is InChI=1S/C17H23N3O/c1-14-18-10-12-20(14)11-4-9-19-17(13-21)8-7-15-5-2-3-6-16(15)17/h2-3,5-6,10,12,19,21H,4,7-9,11,13H2,1H3. The Hall–Kier alpha value is -1.65. The lowest BCUT2D eigenvalue weighted by molar-refractivity contribution is 0.159. The molecule has 2 N–H and O–H groups in total. The zero-order valence-electron chi connectivity index (χ0n) is 12.5. The minimum Gasteiger partial charge on any atom is -0.394 e. The number of aliphatic hydroxyl groups is 1. The monoisotopic (exact) mass is 285 g/mol. The second-order valence-corrected chi connectivity index (χ2v) is 5.85. The van der Waals surface area contributed by atoms with Crippen molar-refractivity contribution in [2.24, 2.45) is 0 Å². The number of aromatic nitrogens is 2. The van der Waals surface area contributed by atoms with E-state index in [1.165, 1.54) is 11.1 Å². The Morgan fingerprint density at radius 2 is 2.24 bits per heavy atom. The van der Waals surface area contributed by atoms with E-state index >= 15 is 0 Å². The van der Waals surface area contributed by atoms with Gasteiger partial charge in [-0.05, 0) is 43.9 Å². The van der Waals surface area contributed by atoms with Crippen molar-refractivity contribution >= 4 is 0 Å². The molecule has 0 bridgehead atoms. The van der Waals surface area contributed by atoms with E-state index in [0.29, 0.717) is 0 Å². The molecule has 1 atom stereocenters. The van der Waals surface area contributed by atoms with Gasteiger partial charge in [0.15, 0.2) is 0 Å². The Bertz CT molecular complexity index is 608. The van der Waals surface area contributed by atoms with Crippen LogP contribution in [0, 0.1) is 6.92 Å². The summed E-state index contributed by atoms with van der Waals surface area (Å²) >= 11 is 0. The van der Waals surface area contributed by atoms with Crippen LogP contribution in [0.1, 0.15) is 29.8 Å². The fourth-order valence-corrected chi connectivity index (χ4v) is 3.31. The third kappa shape index (κ3) is 2.74. The summed E-state index contributed by atoms with van der Waals surface area (Å²) in [6, 6.07) is 8.45. The predicted octanol–water partition coefficient (Wildman–Crippen LogP) is 2.01. The summed E-state index contributed by atoms with van der Waals surface area (Å²) < 4.78 is 2.16. The fraction of sp³-hybridized carbons (Fsp3) is 0.471. The van der Waals surface area contributed by atoms with Gasteiger partial charge < -0.3 is 15.0 Å². The molecule has 0 spiro atoms. The van der Waals surface area contributed by atoms with Gasteiger partial charge in [0.2, 0.25) is 0 Å². The quantitative estimate of drug-likeness (QED) is 0.798. The Morgan fingerprint density at radius 3 is 3.00 bits per heavy atom. The number of nitrogens with one attached hydrogen (secondary N) is 1. The van der Waals surface area contributed by atoms with Crippen LogP contribution >= 0.6 is 0 Å². The minimum atomic E-state index is -0.249. The summed E-state index contributed by atoms with van der Waals surface area (Å²) in [6.45, 7) is 4.04. The third-order valence-corrected chi connectivity index (χ3v) is 4.59. The highest BCUT2D eigenvalue weighted by Gasteiger charge is 2.37. The van der Waals surface area contributed by atoms with Gasteiger partial charge in [-0.2, -0.15) is 0 Å². The van der Waals surface area contributed by atoms with Crippen molar-refractivity contribution < 1.29 is 5.11 Å². The number of hydrogen-bond donors (Lipinski definition) is 2. The maximum absolute atomic E-state index is 9.91. The highest BCUT2D eigenvalue weighted by molar-refractivity contribution is 5.38.